The summed E-state index contributed by atoms with van der Waals surface area (Å²) >= 11 is 0. The van der Waals surface area contributed by atoms with Crippen molar-refractivity contribution in [2.24, 2.45) is 0 Å². The Hall–Kier alpha value is -3.49. The molecule has 0 aliphatic rings. The average molecular weight is 309 g/mol. The van der Waals surface area contributed by atoms with Gasteiger partial charge in [0.15, 0.2) is 0 Å². The van der Waals surface area contributed by atoms with Gasteiger partial charge in [0.05, 0.1) is 11.6 Å². The maximum absolute atomic E-state index is 8.86. The summed E-state index contributed by atoms with van der Waals surface area (Å²) in [6, 6.07) is 25.9. The largest absolute Gasteiger partial charge is 0.481 e. The number of hydrogen-bond acceptors (Lipinski definition) is 2. The van der Waals surface area contributed by atoms with Crippen molar-refractivity contribution in [1.82, 2.24) is 0 Å². The van der Waals surface area contributed by atoms with Crippen molar-refractivity contribution in [3.63, 3.8) is 0 Å². The van der Waals surface area contributed by atoms with Gasteiger partial charge in [-0.05, 0) is 46.5 Å². The number of nitrogens with zero attached hydrogens (tertiary/aromatic N) is 1. The molecule has 0 saturated heterocycles. The van der Waals surface area contributed by atoms with Crippen LogP contribution in [0.25, 0.3) is 22.3 Å². The van der Waals surface area contributed by atoms with Gasteiger partial charge in [0.2, 0.25) is 0 Å². The highest BCUT2D eigenvalue weighted by atomic mass is 16.5. The predicted molar refractivity (Wildman–Crippen MR) is 96.4 cm³/mol. The molecule has 0 heterocycles. The van der Waals surface area contributed by atoms with E-state index in [2.05, 4.69) is 36.3 Å². The summed E-state index contributed by atoms with van der Waals surface area (Å²) in [6.07, 6.45) is 5.18. The molecule has 0 atom stereocenters. The fourth-order valence-electron chi connectivity index (χ4n) is 2.46. The van der Waals surface area contributed by atoms with Gasteiger partial charge in [0.25, 0.3) is 0 Å². The number of ether oxygens (including phenoxy) is 1. The van der Waals surface area contributed by atoms with Gasteiger partial charge < -0.3 is 4.74 Å². The number of terminal acetylenes is 1. The zero-order chi connectivity index (χ0) is 16.8. The van der Waals surface area contributed by atoms with Crippen molar-refractivity contribution in [3.8, 4) is 46.4 Å². The minimum atomic E-state index is 0.276. The van der Waals surface area contributed by atoms with Crippen molar-refractivity contribution in [3.05, 3.63) is 78.4 Å². The Labute approximate surface area is 142 Å². The van der Waals surface area contributed by atoms with Crippen LogP contribution < -0.4 is 4.74 Å². The Bertz CT molecular complexity index is 893. The first-order chi connectivity index (χ1) is 11.8. The molecule has 3 rings (SSSR count). The average Bonchev–Trinajstić information content (AvgIpc) is 2.67. The molecule has 0 amide bonds. The van der Waals surface area contributed by atoms with Crippen LogP contribution in [0.1, 0.15) is 5.56 Å². The van der Waals surface area contributed by atoms with E-state index in [1.807, 2.05) is 48.5 Å². The van der Waals surface area contributed by atoms with Gasteiger partial charge in [-0.3, -0.25) is 0 Å². The molecular weight excluding hydrogens is 294 g/mol. The molecule has 0 N–H and O–H groups in total. The molecular formula is C22H15NO. The molecule has 0 bridgehead atoms. The smallest absolute Gasteiger partial charge is 0.148 e. The van der Waals surface area contributed by atoms with Crippen molar-refractivity contribution in [2.45, 2.75) is 0 Å². The standard InChI is InChI=1S/C22H15NO/c1-2-15-24-22-13-11-21(12-14-22)20-9-7-19(8-10-20)18-5-3-17(16-23)4-6-18/h1,3-14H,15H2. The Morgan fingerprint density at radius 2 is 1.12 bits per heavy atom. The summed E-state index contributed by atoms with van der Waals surface area (Å²) in [5, 5.41) is 8.86. The zero-order valence-corrected chi connectivity index (χ0v) is 13.1. The lowest BCUT2D eigenvalue weighted by atomic mass is 10.00. The minimum Gasteiger partial charge on any atom is -0.481 e. The monoisotopic (exact) mass is 309 g/mol. The molecule has 0 aliphatic heterocycles. The number of hydrogen-bond donors (Lipinski definition) is 0. The van der Waals surface area contributed by atoms with E-state index >= 15 is 0 Å². The molecule has 0 spiro atoms. The molecule has 0 aliphatic carbocycles. The van der Waals surface area contributed by atoms with Crippen LogP contribution in [0.15, 0.2) is 72.8 Å². The second-order valence-corrected chi connectivity index (χ2v) is 5.28. The molecule has 2 heteroatoms. The lowest BCUT2D eigenvalue weighted by molar-refractivity contribution is 0.370. The van der Waals surface area contributed by atoms with Crippen LogP contribution in [-0.4, -0.2) is 6.61 Å². The van der Waals surface area contributed by atoms with Crippen LogP contribution in [0, 0.1) is 23.7 Å². The van der Waals surface area contributed by atoms with E-state index in [0.717, 1.165) is 28.0 Å². The minimum absolute atomic E-state index is 0.276. The molecule has 0 unspecified atom stereocenters. The molecule has 24 heavy (non-hydrogen) atoms. The molecule has 114 valence electrons. The Morgan fingerprint density at radius 3 is 1.54 bits per heavy atom. The van der Waals surface area contributed by atoms with Gasteiger partial charge >= 0.3 is 0 Å². The van der Waals surface area contributed by atoms with Crippen LogP contribution in [0.5, 0.6) is 5.75 Å². The van der Waals surface area contributed by atoms with E-state index in [1.54, 1.807) is 0 Å². The van der Waals surface area contributed by atoms with Gasteiger partial charge in [0.1, 0.15) is 12.4 Å². The maximum atomic E-state index is 8.86. The van der Waals surface area contributed by atoms with Crippen molar-refractivity contribution >= 4 is 0 Å². The third-order valence-corrected chi connectivity index (χ3v) is 3.74. The van der Waals surface area contributed by atoms with Crippen molar-refractivity contribution < 1.29 is 4.74 Å². The second-order valence-electron chi connectivity index (χ2n) is 5.28. The Morgan fingerprint density at radius 1 is 0.708 bits per heavy atom. The maximum Gasteiger partial charge on any atom is 0.148 e. The summed E-state index contributed by atoms with van der Waals surface area (Å²) in [5.41, 5.74) is 5.14. The lowest BCUT2D eigenvalue weighted by Gasteiger charge is -2.07. The van der Waals surface area contributed by atoms with Gasteiger partial charge in [0, 0.05) is 0 Å². The first kappa shape index (κ1) is 15.4. The zero-order valence-electron chi connectivity index (χ0n) is 13.1. The van der Waals surface area contributed by atoms with E-state index in [9.17, 15) is 0 Å². The summed E-state index contributed by atoms with van der Waals surface area (Å²) in [6.45, 7) is 0.276. The van der Waals surface area contributed by atoms with Gasteiger partial charge in [-0.15, -0.1) is 6.42 Å². The van der Waals surface area contributed by atoms with Crippen LogP contribution in [-0.2, 0) is 0 Å². The van der Waals surface area contributed by atoms with Crippen LogP contribution in [0.4, 0.5) is 0 Å². The quantitative estimate of drug-likeness (QED) is 0.642. The third-order valence-electron chi connectivity index (χ3n) is 3.74. The summed E-state index contributed by atoms with van der Waals surface area (Å²) in [7, 11) is 0. The Kier molecular flexibility index (Phi) is 4.61. The van der Waals surface area contributed by atoms with Gasteiger partial charge in [-0.1, -0.05) is 54.5 Å². The topological polar surface area (TPSA) is 33.0 Å². The fourth-order valence-corrected chi connectivity index (χ4v) is 2.46. The van der Waals surface area contributed by atoms with E-state index in [0.29, 0.717) is 5.56 Å². The molecule has 0 fully saturated rings. The van der Waals surface area contributed by atoms with Crippen molar-refractivity contribution in [1.29, 1.82) is 5.26 Å². The SMILES string of the molecule is C#CCOc1ccc(-c2ccc(-c3ccc(C#N)cc3)cc2)cc1. The van der Waals surface area contributed by atoms with Crippen LogP contribution in [0.2, 0.25) is 0 Å². The normalized spacial score (nSPS) is 9.75. The molecule has 3 aromatic rings. The lowest BCUT2D eigenvalue weighted by Crippen LogP contribution is -1.92. The van der Waals surface area contributed by atoms with E-state index < -0.39 is 0 Å². The summed E-state index contributed by atoms with van der Waals surface area (Å²) in [4.78, 5) is 0. The highest BCUT2D eigenvalue weighted by Gasteiger charge is 2.01. The first-order valence-electron chi connectivity index (χ1n) is 7.57. The fraction of sp³-hybridized carbons (Fsp3) is 0.0455. The molecule has 2 nitrogen and oxygen atoms in total. The molecule has 0 radical (unpaired) electrons. The number of nitriles is 1. The van der Waals surface area contributed by atoms with Gasteiger partial charge in [-0.2, -0.15) is 5.26 Å². The summed E-state index contributed by atoms with van der Waals surface area (Å²) in [5.74, 6) is 3.22. The van der Waals surface area contributed by atoms with Gasteiger partial charge in [-0.25, -0.2) is 0 Å². The molecule has 0 aromatic heterocycles. The van der Waals surface area contributed by atoms with E-state index in [4.69, 9.17) is 16.4 Å². The van der Waals surface area contributed by atoms with E-state index in [-0.39, 0.29) is 6.61 Å². The van der Waals surface area contributed by atoms with E-state index in [1.165, 1.54) is 0 Å². The Balaban J connectivity index is 1.78. The summed E-state index contributed by atoms with van der Waals surface area (Å²) < 4.78 is 5.38. The first-order valence-corrected chi connectivity index (χ1v) is 7.57. The van der Waals surface area contributed by atoms with Crippen LogP contribution in [0.3, 0.4) is 0 Å². The molecule has 0 saturated carbocycles. The number of rotatable bonds is 4. The predicted octanol–water partition coefficient (Wildman–Crippen LogP) is 4.90. The van der Waals surface area contributed by atoms with Crippen molar-refractivity contribution in [2.75, 3.05) is 6.61 Å². The second kappa shape index (κ2) is 7.18. The highest BCUT2D eigenvalue weighted by molar-refractivity contribution is 5.71. The highest BCUT2D eigenvalue weighted by Crippen LogP contribution is 2.26. The third kappa shape index (κ3) is 3.46. The number of benzene rings is 3. The van der Waals surface area contributed by atoms with Crippen LogP contribution >= 0.6 is 0 Å². The molecule has 3 aromatic carbocycles.